The monoisotopic (exact) mass is 586 g/mol. The number of benzene rings is 3. The highest BCUT2D eigenvalue weighted by atomic mass is 19.1. The quantitative estimate of drug-likeness (QED) is 0.196. The third-order valence-corrected chi connectivity index (χ3v) is 7.35. The number of hydrogen-bond donors (Lipinski definition) is 1. The van der Waals surface area contributed by atoms with Gasteiger partial charge in [0.05, 0.1) is 24.9 Å². The molecule has 2 aromatic carbocycles. The summed E-state index contributed by atoms with van der Waals surface area (Å²) in [6, 6.07) is 16.3. The molecule has 3 aromatic rings. The number of primary amides is 1. The van der Waals surface area contributed by atoms with Gasteiger partial charge in [0.25, 0.3) is 0 Å². The smallest absolute Gasteiger partial charge is 0.326 e. The van der Waals surface area contributed by atoms with Gasteiger partial charge in [-0.15, -0.1) is 0 Å². The van der Waals surface area contributed by atoms with Crippen molar-refractivity contribution in [2.75, 3.05) is 38.3 Å². The van der Waals surface area contributed by atoms with Crippen molar-refractivity contribution in [1.29, 1.82) is 0 Å². The molecule has 6 rings (SSSR count). The molecule has 0 radical (unpaired) electrons. The number of methoxy groups -OCH3 is 1. The molecule has 0 bridgehead atoms. The molecule has 1 aliphatic heterocycles. The fourth-order valence-corrected chi connectivity index (χ4v) is 5.11. The van der Waals surface area contributed by atoms with E-state index in [1.165, 1.54) is 42.5 Å². The second-order valence-corrected chi connectivity index (χ2v) is 10.4. The molecule has 3 amide bonds. The Labute approximate surface area is 250 Å². The standard InChI is InChI=1S/C27H31FN4O5.C6H4/c1-18(33)32(27(29)34)19-7-8-24(21(28)15-19)37-23-9-10-30-22-17-26(25(35-2)16-20(22)23)36-14-6-13-31-11-4-3-5-12-31;1-2-5-4-6(5)3-1/h7-10,15-17H,3-6,11-14H2,1-2H3,(H2,29,34);1-4H. The van der Waals surface area contributed by atoms with Gasteiger partial charge in [-0.2, -0.15) is 0 Å². The summed E-state index contributed by atoms with van der Waals surface area (Å²) in [6.45, 7) is 5.01. The van der Waals surface area contributed by atoms with Crippen LogP contribution < -0.4 is 24.8 Å². The van der Waals surface area contributed by atoms with Crippen LogP contribution in [0.5, 0.6) is 23.0 Å². The van der Waals surface area contributed by atoms with Crippen LogP contribution >= 0.6 is 0 Å². The lowest BCUT2D eigenvalue weighted by atomic mass is 10.1. The first-order valence-electron chi connectivity index (χ1n) is 14.3. The van der Waals surface area contributed by atoms with E-state index < -0.39 is 17.8 Å². The number of anilines is 1. The Morgan fingerprint density at radius 2 is 1.72 bits per heavy atom. The van der Waals surface area contributed by atoms with Crippen molar-refractivity contribution in [3.8, 4) is 34.1 Å². The molecule has 2 heterocycles. The van der Waals surface area contributed by atoms with Crippen LogP contribution in [0.2, 0.25) is 0 Å². The van der Waals surface area contributed by atoms with Crippen LogP contribution in [0.4, 0.5) is 14.9 Å². The van der Waals surface area contributed by atoms with E-state index in [0.29, 0.717) is 39.7 Å². The number of nitrogens with zero attached hydrogens (tertiary/aromatic N) is 3. The molecule has 1 aromatic heterocycles. The number of hydrogen-bond acceptors (Lipinski definition) is 7. The molecular formula is C33H35FN4O5. The van der Waals surface area contributed by atoms with Gasteiger partial charge >= 0.3 is 6.03 Å². The SMILES string of the molecule is COc1cc2c(Oc3ccc(N(C(C)=O)C(N)=O)cc3F)ccnc2cc1OCCCN1CCCCC1.c1cc2cc-2c1. The Morgan fingerprint density at radius 1 is 0.953 bits per heavy atom. The number of pyridine rings is 1. The van der Waals surface area contributed by atoms with E-state index in [-0.39, 0.29) is 11.4 Å². The minimum Gasteiger partial charge on any atom is -0.493 e. The maximum absolute atomic E-state index is 14.9. The number of halogens is 1. The highest BCUT2D eigenvalue weighted by Gasteiger charge is 2.20. The number of aromatic nitrogens is 1. The zero-order valence-corrected chi connectivity index (χ0v) is 24.3. The summed E-state index contributed by atoms with van der Waals surface area (Å²) >= 11 is 0. The first kappa shape index (κ1) is 29.8. The van der Waals surface area contributed by atoms with Crippen LogP contribution in [0.1, 0.15) is 32.6 Å². The maximum Gasteiger partial charge on any atom is 0.326 e. The molecular weight excluding hydrogens is 551 g/mol. The third-order valence-electron chi connectivity index (χ3n) is 7.35. The summed E-state index contributed by atoms with van der Waals surface area (Å²) in [5.41, 5.74) is 8.69. The van der Waals surface area contributed by atoms with Crippen molar-refractivity contribution in [3.05, 3.63) is 72.7 Å². The van der Waals surface area contributed by atoms with E-state index >= 15 is 0 Å². The number of imide groups is 1. The lowest BCUT2D eigenvalue weighted by molar-refractivity contribution is -0.115. The van der Waals surface area contributed by atoms with E-state index in [1.54, 1.807) is 31.5 Å². The molecule has 43 heavy (non-hydrogen) atoms. The van der Waals surface area contributed by atoms with Crippen molar-refractivity contribution >= 4 is 28.5 Å². The zero-order valence-electron chi connectivity index (χ0n) is 24.3. The molecule has 0 atom stereocenters. The number of fused-ring (bicyclic) bond motifs is 2. The average molecular weight is 587 g/mol. The molecule has 2 N–H and O–H groups in total. The Hall–Kier alpha value is -4.70. The van der Waals surface area contributed by atoms with Gasteiger partial charge in [0.15, 0.2) is 23.1 Å². The third kappa shape index (κ3) is 7.39. The van der Waals surface area contributed by atoms with Crippen molar-refractivity contribution in [2.24, 2.45) is 5.73 Å². The van der Waals surface area contributed by atoms with Crippen molar-refractivity contribution in [3.63, 3.8) is 0 Å². The number of rotatable bonds is 9. The van der Waals surface area contributed by atoms with Crippen molar-refractivity contribution in [2.45, 2.75) is 32.6 Å². The van der Waals surface area contributed by atoms with Gasteiger partial charge < -0.3 is 24.8 Å². The molecule has 0 saturated carbocycles. The number of ether oxygens (including phenoxy) is 3. The van der Waals surface area contributed by atoms with E-state index in [9.17, 15) is 14.0 Å². The van der Waals surface area contributed by atoms with Crippen LogP contribution in [0, 0.1) is 5.82 Å². The predicted molar refractivity (Wildman–Crippen MR) is 163 cm³/mol. The summed E-state index contributed by atoms with van der Waals surface area (Å²) in [6.07, 6.45) is 6.29. The van der Waals surface area contributed by atoms with Crippen molar-refractivity contribution < 1.29 is 28.2 Å². The molecule has 1 fully saturated rings. The molecule has 2 aliphatic carbocycles. The number of amides is 3. The van der Waals surface area contributed by atoms with Gasteiger partial charge in [-0.05, 0) is 73.8 Å². The van der Waals surface area contributed by atoms with Crippen molar-refractivity contribution in [1.82, 2.24) is 9.88 Å². The second kappa shape index (κ2) is 13.5. The highest BCUT2D eigenvalue weighted by Crippen LogP contribution is 2.38. The Balaban J connectivity index is 0.000000537. The lowest BCUT2D eigenvalue weighted by Gasteiger charge is -2.26. The van der Waals surface area contributed by atoms with Gasteiger partial charge in [0.1, 0.15) is 5.75 Å². The van der Waals surface area contributed by atoms with Crippen LogP contribution in [-0.2, 0) is 4.79 Å². The van der Waals surface area contributed by atoms with E-state index in [2.05, 4.69) is 34.1 Å². The van der Waals surface area contributed by atoms with Crippen LogP contribution in [0.3, 0.4) is 0 Å². The number of urea groups is 1. The summed E-state index contributed by atoms with van der Waals surface area (Å²) in [5, 5.41) is 0.603. The summed E-state index contributed by atoms with van der Waals surface area (Å²) < 4.78 is 32.3. The van der Waals surface area contributed by atoms with E-state index in [4.69, 9.17) is 19.9 Å². The molecule has 3 aliphatic rings. The van der Waals surface area contributed by atoms with Gasteiger partial charge in [-0.1, -0.05) is 24.6 Å². The second-order valence-electron chi connectivity index (χ2n) is 10.4. The number of likely N-dealkylation sites (tertiary alicyclic amines) is 1. The Bertz CT molecular complexity index is 1590. The first-order chi connectivity index (χ1) is 20.8. The molecule has 224 valence electrons. The zero-order chi connectivity index (χ0) is 30.3. The number of carbonyl (C=O) groups excluding carboxylic acids is 2. The largest absolute Gasteiger partial charge is 0.493 e. The summed E-state index contributed by atoms with van der Waals surface area (Å²) in [5.74, 6) is -0.0543. The average Bonchev–Trinajstić information content (AvgIpc) is 3.60. The van der Waals surface area contributed by atoms with Crippen LogP contribution in [-0.4, -0.2) is 55.2 Å². The molecule has 0 spiro atoms. The minimum atomic E-state index is -1.00. The number of piperidine rings is 1. The number of carbonyl (C=O) groups is 2. The summed E-state index contributed by atoms with van der Waals surface area (Å²) in [4.78, 5) is 30.8. The van der Waals surface area contributed by atoms with Crippen LogP contribution in [0.25, 0.3) is 22.0 Å². The normalized spacial score (nSPS) is 13.5. The van der Waals surface area contributed by atoms with Crippen LogP contribution in [0.15, 0.2) is 66.9 Å². The molecule has 9 nitrogen and oxygen atoms in total. The first-order valence-corrected chi connectivity index (χ1v) is 14.3. The lowest BCUT2D eigenvalue weighted by Crippen LogP contribution is -2.39. The maximum atomic E-state index is 14.9. The van der Waals surface area contributed by atoms with Gasteiger partial charge in [0.2, 0.25) is 5.91 Å². The Morgan fingerprint density at radius 3 is 2.33 bits per heavy atom. The molecule has 1 saturated heterocycles. The Kier molecular flexibility index (Phi) is 9.36. The predicted octanol–water partition coefficient (Wildman–Crippen LogP) is 6.53. The van der Waals surface area contributed by atoms with E-state index in [0.717, 1.165) is 39.0 Å². The summed E-state index contributed by atoms with van der Waals surface area (Å²) in [7, 11) is 1.55. The molecule has 0 unspecified atom stereocenters. The minimum absolute atomic E-state index is 0.00758. The van der Waals surface area contributed by atoms with E-state index in [1.807, 2.05) is 0 Å². The fourth-order valence-electron chi connectivity index (χ4n) is 5.11. The van der Waals surface area contributed by atoms with Gasteiger partial charge in [0, 0.05) is 37.2 Å². The molecule has 10 heteroatoms. The highest BCUT2D eigenvalue weighted by molar-refractivity contribution is 6.12. The topological polar surface area (TPSA) is 107 Å². The fraction of sp³-hybridized carbons (Fsp3) is 0.303. The van der Waals surface area contributed by atoms with Gasteiger partial charge in [-0.3, -0.25) is 9.78 Å². The van der Waals surface area contributed by atoms with Gasteiger partial charge in [-0.25, -0.2) is 14.1 Å². The number of nitrogens with two attached hydrogens (primary N) is 1.